The third kappa shape index (κ3) is 2.54. The molecule has 0 aliphatic carbocycles. The van der Waals surface area contributed by atoms with Crippen molar-refractivity contribution in [2.24, 2.45) is 0 Å². The van der Waals surface area contributed by atoms with Crippen molar-refractivity contribution in [1.29, 1.82) is 0 Å². The Morgan fingerprint density at radius 2 is 1.70 bits per heavy atom. The number of carbonyl (C=O) groups is 1. The molecule has 0 amide bonds. The molecule has 20 heavy (non-hydrogen) atoms. The summed E-state index contributed by atoms with van der Waals surface area (Å²) in [6.07, 6.45) is 0. The number of rotatable bonds is 4. The molecule has 1 aromatic heterocycles. The largest absolute Gasteiger partial charge is 0.493 e. The lowest BCUT2D eigenvalue weighted by molar-refractivity contribution is 0.103. The van der Waals surface area contributed by atoms with Gasteiger partial charge < -0.3 is 9.47 Å². The second kappa shape index (κ2) is 5.63. The number of hydrogen-bond donors (Lipinski definition) is 0. The number of ketones is 1. The number of benzene rings is 1. The number of halogens is 1. The van der Waals surface area contributed by atoms with Crippen LogP contribution in [0.25, 0.3) is 0 Å². The van der Waals surface area contributed by atoms with Gasteiger partial charge in [-0.1, -0.05) is 0 Å². The first kappa shape index (κ1) is 14.5. The van der Waals surface area contributed by atoms with Gasteiger partial charge in [0.05, 0.1) is 24.7 Å². The van der Waals surface area contributed by atoms with Gasteiger partial charge in [0.15, 0.2) is 11.5 Å². The molecule has 0 saturated carbocycles. The van der Waals surface area contributed by atoms with E-state index in [1.54, 1.807) is 6.07 Å². The van der Waals surface area contributed by atoms with E-state index in [1.165, 1.54) is 37.7 Å². The minimum Gasteiger partial charge on any atom is -0.493 e. The number of carbonyl (C=O) groups excluding carboxylic acids is 1. The van der Waals surface area contributed by atoms with Crippen LogP contribution in [0.2, 0.25) is 0 Å². The lowest BCUT2D eigenvalue weighted by Gasteiger charge is -2.09. The summed E-state index contributed by atoms with van der Waals surface area (Å²) in [6.45, 7) is 3.86. The molecule has 0 N–H and O–H groups in total. The summed E-state index contributed by atoms with van der Waals surface area (Å²) in [5.74, 6) is -0.358. The molecule has 0 atom stereocenters. The van der Waals surface area contributed by atoms with E-state index >= 15 is 0 Å². The van der Waals surface area contributed by atoms with Crippen LogP contribution in [0, 0.1) is 19.7 Å². The molecule has 0 aliphatic rings. The molecule has 0 radical (unpaired) electrons. The average molecular weight is 294 g/mol. The molecule has 0 unspecified atom stereocenters. The number of hydrogen-bond acceptors (Lipinski definition) is 4. The van der Waals surface area contributed by atoms with Crippen molar-refractivity contribution < 1.29 is 18.7 Å². The SMILES string of the molecule is COc1cc(F)c(C(=O)c2cc(C)c(C)s2)cc1OC. The van der Waals surface area contributed by atoms with E-state index in [4.69, 9.17) is 9.47 Å². The fourth-order valence-electron chi connectivity index (χ4n) is 1.85. The molecule has 1 heterocycles. The van der Waals surface area contributed by atoms with Crippen molar-refractivity contribution >= 4 is 17.1 Å². The maximum atomic E-state index is 14.0. The van der Waals surface area contributed by atoms with E-state index in [2.05, 4.69) is 0 Å². The summed E-state index contributed by atoms with van der Waals surface area (Å²) < 4.78 is 24.2. The van der Waals surface area contributed by atoms with Crippen LogP contribution in [-0.2, 0) is 0 Å². The number of ether oxygens (including phenoxy) is 2. The molecule has 3 nitrogen and oxygen atoms in total. The van der Waals surface area contributed by atoms with Gasteiger partial charge in [-0.05, 0) is 31.5 Å². The predicted molar refractivity (Wildman–Crippen MR) is 76.7 cm³/mol. The molecule has 106 valence electrons. The third-order valence-electron chi connectivity index (χ3n) is 3.11. The first-order chi connectivity index (χ1) is 9.47. The summed E-state index contributed by atoms with van der Waals surface area (Å²) in [7, 11) is 2.87. The van der Waals surface area contributed by atoms with Crippen LogP contribution < -0.4 is 9.47 Å². The first-order valence-electron chi connectivity index (χ1n) is 6.01. The molecule has 0 spiro atoms. The molecule has 0 saturated heterocycles. The fraction of sp³-hybridized carbons (Fsp3) is 0.267. The van der Waals surface area contributed by atoms with E-state index in [1.807, 2.05) is 13.8 Å². The van der Waals surface area contributed by atoms with Crippen molar-refractivity contribution in [3.8, 4) is 11.5 Å². The second-order valence-corrected chi connectivity index (χ2v) is 5.62. The Hall–Kier alpha value is -1.88. The average Bonchev–Trinajstić information content (AvgIpc) is 2.77. The van der Waals surface area contributed by atoms with Gasteiger partial charge >= 0.3 is 0 Å². The van der Waals surface area contributed by atoms with E-state index in [0.29, 0.717) is 10.6 Å². The number of thiophene rings is 1. The molecule has 5 heteroatoms. The van der Waals surface area contributed by atoms with Gasteiger partial charge in [0, 0.05) is 10.9 Å². The second-order valence-electron chi connectivity index (χ2n) is 4.37. The zero-order valence-corrected chi connectivity index (χ0v) is 12.6. The Bertz CT molecular complexity index is 642. The van der Waals surface area contributed by atoms with Gasteiger partial charge in [-0.2, -0.15) is 0 Å². The highest BCUT2D eigenvalue weighted by molar-refractivity contribution is 7.14. The van der Waals surface area contributed by atoms with Crippen LogP contribution in [0.4, 0.5) is 4.39 Å². The normalized spacial score (nSPS) is 10.4. The summed E-state index contributed by atoms with van der Waals surface area (Å²) in [5.41, 5.74) is 1.02. The molecule has 0 aliphatic heterocycles. The minimum atomic E-state index is -0.614. The van der Waals surface area contributed by atoms with Crippen LogP contribution in [0.15, 0.2) is 18.2 Å². The Labute approximate surface area is 121 Å². The Morgan fingerprint density at radius 3 is 2.20 bits per heavy atom. The summed E-state index contributed by atoms with van der Waals surface area (Å²) in [4.78, 5) is 13.9. The van der Waals surface area contributed by atoms with Gasteiger partial charge in [0.2, 0.25) is 5.78 Å². The number of aryl methyl sites for hydroxylation is 2. The maximum Gasteiger partial charge on any atom is 0.206 e. The van der Waals surface area contributed by atoms with Crippen LogP contribution in [0.1, 0.15) is 25.7 Å². The van der Waals surface area contributed by atoms with Gasteiger partial charge in [0.1, 0.15) is 5.82 Å². The highest BCUT2D eigenvalue weighted by Gasteiger charge is 2.20. The van der Waals surface area contributed by atoms with E-state index in [9.17, 15) is 9.18 Å². The summed E-state index contributed by atoms with van der Waals surface area (Å²) in [5, 5.41) is 0. The topological polar surface area (TPSA) is 35.5 Å². The molecule has 0 fully saturated rings. The fourth-order valence-corrected chi connectivity index (χ4v) is 2.83. The van der Waals surface area contributed by atoms with Crippen molar-refractivity contribution in [3.63, 3.8) is 0 Å². The Balaban J connectivity index is 2.49. The van der Waals surface area contributed by atoms with Crippen molar-refractivity contribution in [1.82, 2.24) is 0 Å². The lowest BCUT2D eigenvalue weighted by Crippen LogP contribution is -2.04. The molecular weight excluding hydrogens is 279 g/mol. The van der Waals surface area contributed by atoms with Crippen LogP contribution in [-0.4, -0.2) is 20.0 Å². The van der Waals surface area contributed by atoms with Crippen LogP contribution in [0.5, 0.6) is 11.5 Å². The maximum absolute atomic E-state index is 14.0. The van der Waals surface area contributed by atoms with Gasteiger partial charge in [0.25, 0.3) is 0 Å². The highest BCUT2D eigenvalue weighted by atomic mass is 32.1. The van der Waals surface area contributed by atoms with Crippen molar-refractivity contribution in [2.45, 2.75) is 13.8 Å². The van der Waals surface area contributed by atoms with Gasteiger partial charge in [-0.25, -0.2) is 4.39 Å². The summed E-state index contributed by atoms with van der Waals surface area (Å²) in [6, 6.07) is 4.32. The van der Waals surface area contributed by atoms with Crippen LogP contribution >= 0.6 is 11.3 Å². The van der Waals surface area contributed by atoms with E-state index in [0.717, 1.165) is 10.4 Å². The highest BCUT2D eigenvalue weighted by Crippen LogP contribution is 2.32. The summed E-state index contributed by atoms with van der Waals surface area (Å²) >= 11 is 1.36. The van der Waals surface area contributed by atoms with Gasteiger partial charge in [-0.15, -0.1) is 11.3 Å². The van der Waals surface area contributed by atoms with E-state index < -0.39 is 5.82 Å². The zero-order valence-electron chi connectivity index (χ0n) is 11.7. The van der Waals surface area contributed by atoms with Crippen molar-refractivity contribution in [3.05, 3.63) is 44.9 Å². The molecule has 0 bridgehead atoms. The first-order valence-corrected chi connectivity index (χ1v) is 6.82. The molecule has 1 aromatic carbocycles. The predicted octanol–water partition coefficient (Wildman–Crippen LogP) is 3.75. The zero-order chi connectivity index (χ0) is 14.9. The van der Waals surface area contributed by atoms with E-state index in [-0.39, 0.29) is 17.1 Å². The van der Waals surface area contributed by atoms with Gasteiger partial charge in [-0.3, -0.25) is 4.79 Å². The standard InChI is InChI=1S/C15H15FO3S/c1-8-5-14(20-9(8)2)15(17)10-6-12(18-3)13(19-4)7-11(10)16/h5-7H,1-4H3. The third-order valence-corrected chi connectivity index (χ3v) is 4.26. The molecule has 2 rings (SSSR count). The molecule has 2 aromatic rings. The quantitative estimate of drug-likeness (QED) is 0.806. The van der Waals surface area contributed by atoms with Crippen LogP contribution in [0.3, 0.4) is 0 Å². The number of methoxy groups -OCH3 is 2. The monoisotopic (exact) mass is 294 g/mol. The molecular formula is C15H15FO3S. The minimum absolute atomic E-state index is 0.0103. The van der Waals surface area contributed by atoms with Crippen molar-refractivity contribution in [2.75, 3.05) is 14.2 Å². The Kier molecular flexibility index (Phi) is 4.09. The Morgan fingerprint density at radius 1 is 1.10 bits per heavy atom. The smallest absolute Gasteiger partial charge is 0.206 e. The lowest BCUT2D eigenvalue weighted by atomic mass is 10.1.